The Bertz CT molecular complexity index is 328. The van der Waals surface area contributed by atoms with Gasteiger partial charge in [-0.25, -0.2) is 0 Å². The van der Waals surface area contributed by atoms with Gasteiger partial charge in [-0.05, 0) is 18.6 Å². The Balaban J connectivity index is 2.24. The molecular weight excluding hydrogens is 200 g/mol. The van der Waals surface area contributed by atoms with Crippen LogP contribution in [0.5, 0.6) is 5.75 Å². The number of para-hydroxylation sites is 1. The van der Waals surface area contributed by atoms with Crippen molar-refractivity contribution in [2.24, 2.45) is 0 Å². The highest BCUT2D eigenvalue weighted by atomic mass is 16.5. The van der Waals surface area contributed by atoms with E-state index in [0.29, 0.717) is 12.2 Å². The minimum Gasteiger partial charge on any atom is -0.426 e. The number of carbonyl (C=O) groups excluding carboxylic acids is 1. The number of allylic oxidation sites excluding steroid dienone is 1. The van der Waals surface area contributed by atoms with Crippen LogP contribution < -0.4 is 4.74 Å². The van der Waals surface area contributed by atoms with Crippen LogP contribution in [0, 0.1) is 0 Å². The number of carbonyl (C=O) groups is 1. The Hall–Kier alpha value is -1.57. The monoisotopic (exact) mass is 218 g/mol. The molecule has 0 saturated heterocycles. The number of hydrogen-bond donors (Lipinski definition) is 0. The smallest absolute Gasteiger partial charge is 0.315 e. The van der Waals surface area contributed by atoms with Gasteiger partial charge < -0.3 is 4.74 Å². The topological polar surface area (TPSA) is 26.3 Å². The molecule has 0 atom stereocenters. The Morgan fingerprint density at radius 1 is 1.25 bits per heavy atom. The zero-order chi connectivity index (χ0) is 11.6. The van der Waals surface area contributed by atoms with Gasteiger partial charge in [-0.1, -0.05) is 50.1 Å². The van der Waals surface area contributed by atoms with E-state index in [1.165, 1.54) is 12.8 Å². The molecule has 0 saturated carbocycles. The second kappa shape index (κ2) is 7.69. The average Bonchev–Trinajstić information content (AvgIpc) is 2.30. The maximum Gasteiger partial charge on any atom is 0.315 e. The maximum absolute atomic E-state index is 11.4. The molecule has 1 rings (SSSR count). The average molecular weight is 218 g/mol. The van der Waals surface area contributed by atoms with Gasteiger partial charge in [0.05, 0.1) is 6.42 Å². The predicted octanol–water partition coefficient (Wildman–Crippen LogP) is 3.73. The number of rotatable bonds is 6. The third-order valence-electron chi connectivity index (χ3n) is 2.15. The van der Waals surface area contributed by atoms with Crippen LogP contribution in [0.3, 0.4) is 0 Å². The Morgan fingerprint density at radius 3 is 2.69 bits per heavy atom. The van der Waals surface area contributed by atoms with E-state index in [1.807, 2.05) is 30.4 Å². The standard InChI is InChI=1S/C14H18O2/c1-2-3-4-5-9-12-14(15)16-13-10-7-6-8-11-13/h5-11H,2-4,12H2,1H3. The molecule has 0 fully saturated rings. The van der Waals surface area contributed by atoms with E-state index in [1.54, 1.807) is 12.1 Å². The van der Waals surface area contributed by atoms with E-state index in [-0.39, 0.29) is 5.97 Å². The second-order valence-electron chi connectivity index (χ2n) is 3.60. The number of unbranched alkanes of at least 4 members (excludes halogenated alkanes) is 2. The van der Waals surface area contributed by atoms with Gasteiger partial charge in [-0.3, -0.25) is 4.79 Å². The van der Waals surface area contributed by atoms with Crippen LogP contribution in [-0.2, 0) is 4.79 Å². The van der Waals surface area contributed by atoms with Gasteiger partial charge in [0.25, 0.3) is 0 Å². The minimum atomic E-state index is -0.209. The van der Waals surface area contributed by atoms with Crippen LogP contribution in [0.15, 0.2) is 42.5 Å². The van der Waals surface area contributed by atoms with Crippen molar-refractivity contribution in [2.45, 2.75) is 32.6 Å². The Kier molecular flexibility index (Phi) is 6.00. The van der Waals surface area contributed by atoms with Crippen LogP contribution >= 0.6 is 0 Å². The quantitative estimate of drug-likeness (QED) is 0.315. The summed E-state index contributed by atoms with van der Waals surface area (Å²) in [6.45, 7) is 2.15. The fraction of sp³-hybridized carbons (Fsp3) is 0.357. The van der Waals surface area contributed by atoms with Crippen molar-refractivity contribution in [1.29, 1.82) is 0 Å². The molecule has 0 bridgehead atoms. The molecule has 0 aliphatic carbocycles. The summed E-state index contributed by atoms with van der Waals surface area (Å²) in [6, 6.07) is 9.14. The Labute approximate surface area is 96.9 Å². The molecule has 0 heterocycles. The maximum atomic E-state index is 11.4. The van der Waals surface area contributed by atoms with Gasteiger partial charge in [0, 0.05) is 0 Å². The number of esters is 1. The third kappa shape index (κ3) is 5.35. The van der Waals surface area contributed by atoms with Crippen molar-refractivity contribution in [2.75, 3.05) is 0 Å². The molecule has 0 aliphatic heterocycles. The van der Waals surface area contributed by atoms with Crippen molar-refractivity contribution < 1.29 is 9.53 Å². The van der Waals surface area contributed by atoms with Gasteiger partial charge in [0.2, 0.25) is 0 Å². The summed E-state index contributed by atoms with van der Waals surface area (Å²) in [5.41, 5.74) is 0. The highest BCUT2D eigenvalue weighted by Gasteiger charge is 2.00. The molecule has 16 heavy (non-hydrogen) atoms. The second-order valence-corrected chi connectivity index (χ2v) is 3.60. The van der Waals surface area contributed by atoms with E-state index >= 15 is 0 Å². The molecule has 0 unspecified atom stereocenters. The summed E-state index contributed by atoms with van der Waals surface area (Å²) in [5, 5.41) is 0. The van der Waals surface area contributed by atoms with E-state index in [4.69, 9.17) is 4.74 Å². The highest BCUT2D eigenvalue weighted by molar-refractivity contribution is 5.73. The Morgan fingerprint density at radius 2 is 2.00 bits per heavy atom. The molecule has 1 aromatic carbocycles. The zero-order valence-electron chi connectivity index (χ0n) is 9.69. The fourth-order valence-electron chi connectivity index (χ4n) is 1.28. The van der Waals surface area contributed by atoms with Gasteiger partial charge in [-0.15, -0.1) is 0 Å². The van der Waals surface area contributed by atoms with Crippen LogP contribution in [0.4, 0.5) is 0 Å². The molecular formula is C14H18O2. The van der Waals surface area contributed by atoms with Gasteiger partial charge in [0.15, 0.2) is 0 Å². The van der Waals surface area contributed by atoms with Crippen molar-refractivity contribution in [3.05, 3.63) is 42.5 Å². The first-order valence-corrected chi connectivity index (χ1v) is 5.73. The van der Waals surface area contributed by atoms with Gasteiger partial charge >= 0.3 is 5.97 Å². The first kappa shape index (κ1) is 12.5. The van der Waals surface area contributed by atoms with Crippen molar-refractivity contribution in [1.82, 2.24) is 0 Å². The molecule has 0 amide bonds. The van der Waals surface area contributed by atoms with E-state index in [2.05, 4.69) is 6.92 Å². The van der Waals surface area contributed by atoms with Crippen LogP contribution in [0.2, 0.25) is 0 Å². The van der Waals surface area contributed by atoms with Crippen molar-refractivity contribution in [3.8, 4) is 5.75 Å². The van der Waals surface area contributed by atoms with Crippen LogP contribution in [0.25, 0.3) is 0 Å². The lowest BCUT2D eigenvalue weighted by atomic mass is 10.2. The molecule has 1 aromatic rings. The number of hydrogen-bond acceptors (Lipinski definition) is 2. The molecule has 2 nitrogen and oxygen atoms in total. The molecule has 0 aliphatic rings. The lowest BCUT2D eigenvalue weighted by Crippen LogP contribution is -2.05. The summed E-state index contributed by atoms with van der Waals surface area (Å²) in [5.74, 6) is 0.397. The fourth-order valence-corrected chi connectivity index (χ4v) is 1.28. The molecule has 0 radical (unpaired) electrons. The SMILES string of the molecule is CCCCC=CCC(=O)Oc1ccccc1. The van der Waals surface area contributed by atoms with E-state index in [9.17, 15) is 4.79 Å². The molecule has 2 heteroatoms. The summed E-state index contributed by atoms with van der Waals surface area (Å²) in [4.78, 5) is 11.4. The first-order chi connectivity index (χ1) is 7.83. The first-order valence-electron chi connectivity index (χ1n) is 5.73. The largest absolute Gasteiger partial charge is 0.426 e. The van der Waals surface area contributed by atoms with Gasteiger partial charge in [0.1, 0.15) is 5.75 Å². The van der Waals surface area contributed by atoms with E-state index in [0.717, 1.165) is 6.42 Å². The summed E-state index contributed by atoms with van der Waals surface area (Å²) < 4.78 is 5.13. The summed E-state index contributed by atoms with van der Waals surface area (Å²) in [6.07, 6.45) is 7.65. The van der Waals surface area contributed by atoms with E-state index < -0.39 is 0 Å². The molecule has 0 N–H and O–H groups in total. The zero-order valence-corrected chi connectivity index (χ0v) is 9.69. The molecule has 0 spiro atoms. The normalized spacial score (nSPS) is 10.6. The van der Waals surface area contributed by atoms with Gasteiger partial charge in [-0.2, -0.15) is 0 Å². The number of benzene rings is 1. The third-order valence-corrected chi connectivity index (χ3v) is 2.15. The molecule has 0 aromatic heterocycles. The highest BCUT2D eigenvalue weighted by Crippen LogP contribution is 2.09. The summed E-state index contributed by atoms with van der Waals surface area (Å²) in [7, 11) is 0. The number of ether oxygens (including phenoxy) is 1. The lowest BCUT2D eigenvalue weighted by molar-refractivity contribution is -0.133. The van der Waals surface area contributed by atoms with Crippen LogP contribution in [-0.4, -0.2) is 5.97 Å². The summed E-state index contributed by atoms with van der Waals surface area (Å²) >= 11 is 0. The molecule has 86 valence electrons. The minimum absolute atomic E-state index is 0.209. The predicted molar refractivity (Wildman–Crippen MR) is 65.4 cm³/mol. The lowest BCUT2D eigenvalue weighted by Gasteiger charge is -2.00. The van der Waals surface area contributed by atoms with Crippen LogP contribution in [0.1, 0.15) is 32.6 Å². The van der Waals surface area contributed by atoms with Crippen molar-refractivity contribution in [3.63, 3.8) is 0 Å². The van der Waals surface area contributed by atoms with Crippen molar-refractivity contribution >= 4 is 5.97 Å².